The van der Waals surface area contributed by atoms with E-state index in [-0.39, 0.29) is 18.0 Å². The molecule has 2 fully saturated rings. The summed E-state index contributed by atoms with van der Waals surface area (Å²) in [7, 11) is 0. The van der Waals surface area contributed by atoms with Crippen molar-refractivity contribution < 1.29 is 14.3 Å². The zero-order valence-electron chi connectivity index (χ0n) is 12.7. The van der Waals surface area contributed by atoms with Gasteiger partial charge in [0.15, 0.2) is 0 Å². The van der Waals surface area contributed by atoms with Gasteiger partial charge in [-0.1, -0.05) is 30.3 Å². The number of carbonyl (C=O) groups excluding carboxylic acids is 2. The molecule has 2 saturated heterocycles. The van der Waals surface area contributed by atoms with E-state index in [1.54, 1.807) is 0 Å². The lowest BCUT2D eigenvalue weighted by Crippen LogP contribution is -2.58. The van der Waals surface area contributed by atoms with Gasteiger partial charge in [0.2, 0.25) is 0 Å². The summed E-state index contributed by atoms with van der Waals surface area (Å²) in [5.41, 5.74) is 0.695. The monoisotopic (exact) mass is 310 g/mol. The van der Waals surface area contributed by atoms with Gasteiger partial charge in [-0.2, -0.15) is 0 Å². The summed E-state index contributed by atoms with van der Waals surface area (Å²) in [6.07, 6.45) is 0.468. The average molecular weight is 310 g/mol. The van der Waals surface area contributed by atoms with Crippen LogP contribution in [0.1, 0.15) is 16.8 Å². The van der Waals surface area contributed by atoms with Crippen LogP contribution in [0.4, 0.5) is 4.79 Å². The Labute approximate surface area is 134 Å². The van der Waals surface area contributed by atoms with E-state index in [1.165, 1.54) is 0 Å². The van der Waals surface area contributed by atoms with Crippen LogP contribution in [-0.2, 0) is 4.74 Å². The maximum Gasteiger partial charge on any atom is 0.407 e. The number of hydrogen-bond acceptors (Lipinski definition) is 3. The Kier molecular flexibility index (Phi) is 3.41. The van der Waals surface area contributed by atoms with Crippen molar-refractivity contribution in [3.8, 4) is 0 Å². The molecular formula is C18H18N2O3. The fourth-order valence-electron chi connectivity index (χ4n) is 3.43. The molecule has 2 amide bonds. The van der Waals surface area contributed by atoms with Crippen molar-refractivity contribution in [1.82, 2.24) is 10.2 Å². The number of amides is 2. The van der Waals surface area contributed by atoms with Gasteiger partial charge in [0.25, 0.3) is 5.91 Å². The van der Waals surface area contributed by atoms with Gasteiger partial charge in [0, 0.05) is 24.6 Å². The normalized spacial score (nSPS) is 23.8. The Bertz CT molecular complexity index is 774. The number of fused-ring (bicyclic) bond motifs is 2. The van der Waals surface area contributed by atoms with E-state index in [0.717, 1.165) is 17.2 Å². The van der Waals surface area contributed by atoms with Gasteiger partial charge >= 0.3 is 6.09 Å². The van der Waals surface area contributed by atoms with Crippen molar-refractivity contribution in [2.24, 2.45) is 5.92 Å². The van der Waals surface area contributed by atoms with Crippen LogP contribution in [0.15, 0.2) is 42.5 Å². The number of carbonyl (C=O) groups is 2. The van der Waals surface area contributed by atoms with Crippen LogP contribution < -0.4 is 5.32 Å². The lowest BCUT2D eigenvalue weighted by molar-refractivity contribution is 0.0337. The molecule has 23 heavy (non-hydrogen) atoms. The highest BCUT2D eigenvalue weighted by Gasteiger charge is 2.36. The molecule has 0 radical (unpaired) electrons. The molecule has 0 saturated carbocycles. The molecule has 0 aliphatic carbocycles. The highest BCUT2D eigenvalue weighted by molar-refractivity contribution is 5.98. The lowest BCUT2D eigenvalue weighted by Gasteiger charge is -2.40. The maximum absolute atomic E-state index is 12.8. The van der Waals surface area contributed by atoms with Crippen LogP contribution in [0.3, 0.4) is 0 Å². The summed E-state index contributed by atoms with van der Waals surface area (Å²) < 4.78 is 5.02. The fraction of sp³-hybridized carbons (Fsp3) is 0.333. The second-order valence-corrected chi connectivity index (χ2v) is 6.21. The van der Waals surface area contributed by atoms with Gasteiger partial charge in [-0.25, -0.2) is 4.79 Å². The predicted octanol–water partition coefficient (Wildman–Crippen LogP) is 2.41. The summed E-state index contributed by atoms with van der Waals surface area (Å²) in [6, 6.07) is 13.8. The number of benzene rings is 2. The van der Waals surface area contributed by atoms with Gasteiger partial charge in [0.05, 0.1) is 12.6 Å². The number of likely N-dealkylation sites (tertiary alicyclic amines) is 1. The van der Waals surface area contributed by atoms with Crippen LogP contribution in [0.5, 0.6) is 0 Å². The third-order valence-corrected chi connectivity index (χ3v) is 4.77. The molecule has 0 spiro atoms. The molecule has 0 unspecified atom stereocenters. The molecule has 2 aromatic carbocycles. The Morgan fingerprint density at radius 2 is 2.00 bits per heavy atom. The second kappa shape index (κ2) is 5.57. The zero-order valence-corrected chi connectivity index (χ0v) is 12.7. The summed E-state index contributed by atoms with van der Waals surface area (Å²) >= 11 is 0. The van der Waals surface area contributed by atoms with Gasteiger partial charge < -0.3 is 15.0 Å². The molecule has 118 valence electrons. The van der Waals surface area contributed by atoms with Gasteiger partial charge in [0.1, 0.15) is 0 Å². The SMILES string of the molecule is O=C1N[C@@H]2CN(C(=O)c3ccc4ccccc4c3)CC[C@H]2CO1. The van der Waals surface area contributed by atoms with E-state index >= 15 is 0 Å². The second-order valence-electron chi connectivity index (χ2n) is 6.21. The maximum atomic E-state index is 12.8. The van der Waals surface area contributed by atoms with Crippen molar-refractivity contribution in [3.63, 3.8) is 0 Å². The third-order valence-electron chi connectivity index (χ3n) is 4.77. The van der Waals surface area contributed by atoms with Crippen molar-refractivity contribution in [2.75, 3.05) is 19.7 Å². The fourth-order valence-corrected chi connectivity index (χ4v) is 3.43. The first-order valence-corrected chi connectivity index (χ1v) is 7.92. The van der Waals surface area contributed by atoms with Crippen LogP contribution in [0.25, 0.3) is 10.8 Å². The molecule has 2 atom stereocenters. The summed E-state index contributed by atoms with van der Waals surface area (Å²) in [5, 5.41) is 5.02. The van der Waals surface area contributed by atoms with E-state index in [1.807, 2.05) is 47.4 Å². The van der Waals surface area contributed by atoms with Gasteiger partial charge in [-0.15, -0.1) is 0 Å². The van der Waals surface area contributed by atoms with Crippen molar-refractivity contribution in [1.29, 1.82) is 0 Å². The van der Waals surface area contributed by atoms with E-state index in [2.05, 4.69) is 5.32 Å². The smallest absolute Gasteiger partial charge is 0.407 e. The molecule has 5 heteroatoms. The Balaban J connectivity index is 1.54. The Hall–Kier alpha value is -2.56. The average Bonchev–Trinajstić information content (AvgIpc) is 2.60. The van der Waals surface area contributed by atoms with Gasteiger partial charge in [-0.3, -0.25) is 4.79 Å². The number of nitrogens with one attached hydrogen (secondary N) is 1. The van der Waals surface area contributed by atoms with E-state index in [9.17, 15) is 9.59 Å². The number of nitrogens with zero attached hydrogens (tertiary/aromatic N) is 1. The molecule has 2 aliphatic rings. The van der Waals surface area contributed by atoms with E-state index in [0.29, 0.717) is 31.2 Å². The number of hydrogen-bond donors (Lipinski definition) is 1. The van der Waals surface area contributed by atoms with E-state index < -0.39 is 0 Å². The number of piperidine rings is 1. The molecule has 0 bridgehead atoms. The number of cyclic esters (lactones) is 1. The molecule has 5 nitrogen and oxygen atoms in total. The first-order chi connectivity index (χ1) is 11.2. The predicted molar refractivity (Wildman–Crippen MR) is 86.2 cm³/mol. The standard InChI is InChI=1S/C18H18N2O3/c21-17(14-6-5-12-3-1-2-4-13(12)9-14)20-8-7-15-11-23-18(22)19-16(15)10-20/h1-6,9,15-16H,7-8,10-11H2,(H,19,22)/t15-,16+/m0/s1. The molecule has 2 heterocycles. The summed E-state index contributed by atoms with van der Waals surface area (Å²) in [6.45, 7) is 1.70. The minimum Gasteiger partial charge on any atom is -0.449 e. The van der Waals surface area contributed by atoms with Crippen molar-refractivity contribution >= 4 is 22.8 Å². The van der Waals surface area contributed by atoms with Crippen LogP contribution >= 0.6 is 0 Å². The Morgan fingerprint density at radius 3 is 2.87 bits per heavy atom. The third kappa shape index (κ3) is 2.63. The van der Waals surface area contributed by atoms with Crippen LogP contribution in [-0.4, -0.2) is 42.6 Å². The minimum atomic E-state index is -0.383. The molecule has 2 aliphatic heterocycles. The van der Waals surface area contributed by atoms with Crippen molar-refractivity contribution in [2.45, 2.75) is 12.5 Å². The molecule has 0 aromatic heterocycles. The first-order valence-electron chi connectivity index (χ1n) is 7.92. The first kappa shape index (κ1) is 14.1. The number of rotatable bonds is 1. The van der Waals surface area contributed by atoms with Crippen LogP contribution in [0.2, 0.25) is 0 Å². The highest BCUT2D eigenvalue weighted by Crippen LogP contribution is 2.24. The van der Waals surface area contributed by atoms with Crippen LogP contribution in [0, 0.1) is 5.92 Å². The number of ether oxygens (including phenoxy) is 1. The topological polar surface area (TPSA) is 58.6 Å². The van der Waals surface area contributed by atoms with E-state index in [4.69, 9.17) is 4.74 Å². The number of alkyl carbamates (subject to hydrolysis) is 1. The van der Waals surface area contributed by atoms with Crippen molar-refractivity contribution in [3.05, 3.63) is 48.0 Å². The summed E-state index contributed by atoms with van der Waals surface area (Å²) in [4.78, 5) is 26.0. The molecule has 2 aromatic rings. The Morgan fingerprint density at radius 1 is 1.17 bits per heavy atom. The highest BCUT2D eigenvalue weighted by atomic mass is 16.6. The van der Waals surface area contributed by atoms with Gasteiger partial charge in [-0.05, 0) is 29.3 Å². The largest absolute Gasteiger partial charge is 0.449 e. The quantitative estimate of drug-likeness (QED) is 0.880. The molecule has 4 rings (SSSR count). The minimum absolute atomic E-state index is 0.00518. The lowest BCUT2D eigenvalue weighted by atomic mass is 9.91. The zero-order chi connectivity index (χ0) is 15.8. The summed E-state index contributed by atoms with van der Waals surface area (Å²) in [5.74, 6) is 0.322. The molecule has 1 N–H and O–H groups in total. The molecular weight excluding hydrogens is 292 g/mol.